The lowest BCUT2D eigenvalue weighted by molar-refractivity contribution is 1.31. The lowest BCUT2D eigenvalue weighted by atomic mass is 9.97. The first kappa shape index (κ1) is 27.2. The van der Waals surface area contributed by atoms with Crippen LogP contribution in [0.25, 0.3) is 74.4 Å². The molecule has 0 aliphatic carbocycles. The lowest BCUT2D eigenvalue weighted by Gasteiger charge is -2.27. The number of thiophene rings is 1. The number of anilines is 3. The first-order valence-corrected chi connectivity index (χ1v) is 17.2. The van der Waals surface area contributed by atoms with Crippen LogP contribution in [-0.4, -0.2) is 0 Å². The van der Waals surface area contributed by atoms with Gasteiger partial charge in [0.2, 0.25) is 0 Å². The third kappa shape index (κ3) is 4.31. The molecule has 1 aromatic heterocycles. The zero-order valence-corrected chi connectivity index (χ0v) is 26.9. The van der Waals surface area contributed by atoms with Crippen molar-refractivity contribution < 1.29 is 0 Å². The summed E-state index contributed by atoms with van der Waals surface area (Å²) < 4.78 is 2.61. The van der Waals surface area contributed by atoms with Gasteiger partial charge in [-0.25, -0.2) is 0 Å². The molecule has 0 unspecified atom stereocenters. The van der Waals surface area contributed by atoms with Crippen molar-refractivity contribution in [2.45, 2.75) is 0 Å². The minimum Gasteiger partial charge on any atom is -0.310 e. The van der Waals surface area contributed by atoms with Crippen LogP contribution in [0.3, 0.4) is 0 Å². The van der Waals surface area contributed by atoms with E-state index in [2.05, 4.69) is 181 Å². The average molecular weight is 628 g/mol. The number of hydrogen-bond donors (Lipinski definition) is 0. The van der Waals surface area contributed by atoms with Crippen LogP contribution in [0.1, 0.15) is 0 Å². The van der Waals surface area contributed by atoms with Crippen LogP contribution in [0.2, 0.25) is 0 Å². The van der Waals surface area contributed by atoms with Crippen LogP contribution in [0.4, 0.5) is 17.1 Å². The SMILES string of the molecule is c1ccc2c(c1)ccc1ccc(-c3ccc(N(c4ccc5ccc6ccccc6c5c4)c4cccc5sc6ccccc6c45)cc3)cc12. The van der Waals surface area contributed by atoms with Gasteiger partial charge in [-0.05, 0) is 103 Å². The molecule has 0 atom stereocenters. The molecule has 9 aromatic carbocycles. The summed E-state index contributed by atoms with van der Waals surface area (Å²) in [5.41, 5.74) is 5.89. The van der Waals surface area contributed by atoms with E-state index >= 15 is 0 Å². The van der Waals surface area contributed by atoms with Gasteiger partial charge in [0.05, 0.1) is 5.69 Å². The number of rotatable bonds is 4. The molecular formula is C46H29NS. The van der Waals surface area contributed by atoms with Gasteiger partial charge in [0.25, 0.3) is 0 Å². The van der Waals surface area contributed by atoms with Crippen molar-refractivity contribution in [3.8, 4) is 11.1 Å². The Morgan fingerprint density at radius 2 is 0.854 bits per heavy atom. The molecule has 1 nitrogen and oxygen atoms in total. The van der Waals surface area contributed by atoms with Gasteiger partial charge in [0.1, 0.15) is 0 Å². The Kier molecular flexibility index (Phi) is 6.12. The van der Waals surface area contributed by atoms with E-state index in [1.165, 1.54) is 80.1 Å². The molecule has 0 fully saturated rings. The first-order chi connectivity index (χ1) is 23.8. The molecule has 224 valence electrons. The Morgan fingerprint density at radius 1 is 0.333 bits per heavy atom. The summed E-state index contributed by atoms with van der Waals surface area (Å²) in [6, 6.07) is 64.6. The summed E-state index contributed by atoms with van der Waals surface area (Å²) in [7, 11) is 0. The summed E-state index contributed by atoms with van der Waals surface area (Å²) in [5.74, 6) is 0. The van der Waals surface area contributed by atoms with Crippen molar-refractivity contribution in [1.29, 1.82) is 0 Å². The molecule has 48 heavy (non-hydrogen) atoms. The highest BCUT2D eigenvalue weighted by Crippen LogP contribution is 2.46. The van der Waals surface area contributed by atoms with E-state index in [0.29, 0.717) is 0 Å². The van der Waals surface area contributed by atoms with E-state index in [9.17, 15) is 0 Å². The van der Waals surface area contributed by atoms with Crippen molar-refractivity contribution in [3.63, 3.8) is 0 Å². The van der Waals surface area contributed by atoms with Crippen LogP contribution < -0.4 is 4.90 Å². The van der Waals surface area contributed by atoms with Crippen molar-refractivity contribution in [1.82, 2.24) is 0 Å². The monoisotopic (exact) mass is 627 g/mol. The van der Waals surface area contributed by atoms with Crippen LogP contribution in [0.15, 0.2) is 176 Å². The van der Waals surface area contributed by atoms with Gasteiger partial charge < -0.3 is 4.90 Å². The highest BCUT2D eigenvalue weighted by Gasteiger charge is 2.19. The molecule has 10 aromatic rings. The molecule has 10 rings (SSSR count). The second-order valence-electron chi connectivity index (χ2n) is 12.5. The van der Waals surface area contributed by atoms with Gasteiger partial charge in [-0.2, -0.15) is 0 Å². The third-order valence-electron chi connectivity index (χ3n) is 9.82. The quantitative estimate of drug-likeness (QED) is 0.176. The molecule has 0 amide bonds. The Labute approximate surface area is 282 Å². The standard InChI is InChI=1S/C46H29NS/c1-3-10-38-31(8-1)16-18-33-20-21-35(28-41(33)38)30-22-25-36(26-23-30)47(43-13-7-15-45-46(43)40-12-5-6-14-44(40)48-45)37-27-24-34-19-17-32-9-2-4-11-39(32)42(34)29-37/h1-29H. The van der Waals surface area contributed by atoms with E-state index in [4.69, 9.17) is 0 Å². The van der Waals surface area contributed by atoms with Gasteiger partial charge in [0.15, 0.2) is 0 Å². The molecular weight excluding hydrogens is 599 g/mol. The second kappa shape index (κ2) is 10.8. The Balaban J connectivity index is 1.17. The molecule has 0 saturated heterocycles. The van der Waals surface area contributed by atoms with Crippen LogP contribution in [0.5, 0.6) is 0 Å². The highest BCUT2D eigenvalue weighted by atomic mass is 32.1. The minimum absolute atomic E-state index is 1.13. The molecule has 0 spiro atoms. The number of benzene rings is 9. The maximum absolute atomic E-state index is 2.44. The maximum atomic E-state index is 2.44. The van der Waals surface area contributed by atoms with Crippen LogP contribution in [0, 0.1) is 0 Å². The van der Waals surface area contributed by atoms with Gasteiger partial charge in [-0.1, -0.05) is 127 Å². The number of hydrogen-bond acceptors (Lipinski definition) is 2. The fourth-order valence-corrected chi connectivity index (χ4v) is 8.61. The van der Waals surface area contributed by atoms with Crippen LogP contribution in [-0.2, 0) is 0 Å². The third-order valence-corrected chi connectivity index (χ3v) is 11.0. The van der Waals surface area contributed by atoms with Crippen LogP contribution >= 0.6 is 11.3 Å². The van der Waals surface area contributed by atoms with Gasteiger partial charge in [-0.15, -0.1) is 11.3 Å². The summed E-state index contributed by atoms with van der Waals surface area (Å²) in [6.07, 6.45) is 0. The van der Waals surface area contributed by atoms with E-state index < -0.39 is 0 Å². The minimum atomic E-state index is 1.13. The molecule has 0 saturated carbocycles. The van der Waals surface area contributed by atoms with Gasteiger partial charge in [0, 0.05) is 31.5 Å². The second-order valence-corrected chi connectivity index (χ2v) is 13.6. The Bertz CT molecular complexity index is 2840. The number of fused-ring (bicyclic) bond motifs is 9. The lowest BCUT2D eigenvalue weighted by Crippen LogP contribution is -2.10. The predicted molar refractivity (Wildman–Crippen MR) is 209 cm³/mol. The first-order valence-electron chi connectivity index (χ1n) is 16.4. The average Bonchev–Trinajstić information content (AvgIpc) is 3.54. The number of nitrogens with zero attached hydrogens (tertiary/aromatic N) is 1. The molecule has 1 heterocycles. The molecule has 0 radical (unpaired) electrons. The summed E-state index contributed by atoms with van der Waals surface area (Å²) in [4.78, 5) is 2.44. The Morgan fingerprint density at radius 3 is 1.58 bits per heavy atom. The predicted octanol–water partition coefficient (Wildman–Crippen LogP) is 13.8. The summed E-state index contributed by atoms with van der Waals surface area (Å²) in [6.45, 7) is 0. The fraction of sp³-hybridized carbons (Fsp3) is 0. The largest absolute Gasteiger partial charge is 0.310 e. The molecule has 0 N–H and O–H groups in total. The van der Waals surface area contributed by atoms with Gasteiger partial charge >= 0.3 is 0 Å². The van der Waals surface area contributed by atoms with E-state index in [0.717, 1.165) is 11.4 Å². The van der Waals surface area contributed by atoms with E-state index in [-0.39, 0.29) is 0 Å². The zero-order chi connectivity index (χ0) is 31.6. The van der Waals surface area contributed by atoms with E-state index in [1.807, 2.05) is 11.3 Å². The van der Waals surface area contributed by atoms with Crippen molar-refractivity contribution in [2.75, 3.05) is 4.90 Å². The normalized spacial score (nSPS) is 11.8. The highest BCUT2D eigenvalue weighted by molar-refractivity contribution is 7.26. The zero-order valence-electron chi connectivity index (χ0n) is 26.1. The maximum Gasteiger partial charge on any atom is 0.0554 e. The van der Waals surface area contributed by atoms with Crippen molar-refractivity contribution in [2.24, 2.45) is 0 Å². The van der Waals surface area contributed by atoms with Crippen molar-refractivity contribution in [3.05, 3.63) is 176 Å². The Hall–Kier alpha value is -5.96. The summed E-state index contributed by atoms with van der Waals surface area (Å²) in [5, 5.41) is 12.7. The topological polar surface area (TPSA) is 3.24 Å². The molecule has 0 aliphatic rings. The smallest absolute Gasteiger partial charge is 0.0554 e. The molecule has 0 aliphatic heterocycles. The van der Waals surface area contributed by atoms with E-state index in [1.54, 1.807) is 0 Å². The fourth-order valence-electron chi connectivity index (χ4n) is 7.48. The molecule has 2 heteroatoms. The molecule has 0 bridgehead atoms. The van der Waals surface area contributed by atoms with Gasteiger partial charge in [-0.3, -0.25) is 0 Å². The van der Waals surface area contributed by atoms with Crippen molar-refractivity contribution >= 4 is 91.7 Å². The summed E-state index contributed by atoms with van der Waals surface area (Å²) >= 11 is 1.86.